The molecule has 0 aliphatic carbocycles. The maximum atomic E-state index is 12.7. The van der Waals surface area contributed by atoms with Gasteiger partial charge in [-0.1, -0.05) is 42.8 Å². The zero-order valence-electron chi connectivity index (χ0n) is 16.6. The zero-order chi connectivity index (χ0) is 19.8. The fourth-order valence-electron chi connectivity index (χ4n) is 4.24. The van der Waals surface area contributed by atoms with Gasteiger partial charge < -0.3 is 9.47 Å². The summed E-state index contributed by atoms with van der Waals surface area (Å²) < 4.78 is 11.2. The number of allylic oxidation sites excluding steroid dienone is 1. The van der Waals surface area contributed by atoms with Gasteiger partial charge in [0.25, 0.3) is 0 Å². The van der Waals surface area contributed by atoms with Crippen LogP contribution in [0.5, 0.6) is 0 Å². The smallest absolute Gasteiger partial charge is 0.410 e. The Hall–Kier alpha value is -2.14. The SMILES string of the molecule is C=CCCCCCC(=O)C1CC2COCC(C1)N2C(=O)OCc1ccccc1. The van der Waals surface area contributed by atoms with Crippen molar-refractivity contribution in [3.63, 3.8) is 0 Å². The largest absolute Gasteiger partial charge is 0.445 e. The number of fused-ring (bicyclic) bond motifs is 2. The third-order valence-electron chi connectivity index (χ3n) is 5.72. The first-order valence-electron chi connectivity index (χ1n) is 10.4. The van der Waals surface area contributed by atoms with Crippen LogP contribution in [-0.4, -0.2) is 42.1 Å². The average molecular weight is 386 g/mol. The van der Waals surface area contributed by atoms with Gasteiger partial charge in [0.2, 0.25) is 0 Å². The summed E-state index contributed by atoms with van der Waals surface area (Å²) in [6.07, 6.45) is 7.76. The van der Waals surface area contributed by atoms with Crippen molar-refractivity contribution in [1.82, 2.24) is 4.90 Å². The number of unbranched alkanes of at least 4 members (excludes halogenated alkanes) is 3. The zero-order valence-corrected chi connectivity index (χ0v) is 16.6. The number of ether oxygens (including phenoxy) is 2. The van der Waals surface area contributed by atoms with Gasteiger partial charge in [0.05, 0.1) is 25.3 Å². The van der Waals surface area contributed by atoms with Gasteiger partial charge in [0, 0.05) is 12.3 Å². The lowest BCUT2D eigenvalue weighted by molar-refractivity contribution is -0.131. The number of benzene rings is 1. The van der Waals surface area contributed by atoms with E-state index in [9.17, 15) is 9.59 Å². The Morgan fingerprint density at radius 3 is 2.50 bits per heavy atom. The molecule has 1 aromatic rings. The molecule has 1 amide bonds. The lowest BCUT2D eigenvalue weighted by atomic mass is 9.81. The summed E-state index contributed by atoms with van der Waals surface area (Å²) in [5.41, 5.74) is 0.971. The molecule has 2 aliphatic rings. The van der Waals surface area contributed by atoms with E-state index < -0.39 is 0 Å². The molecule has 0 aromatic heterocycles. The minimum absolute atomic E-state index is 0.0384. The number of hydrogen-bond donors (Lipinski definition) is 0. The Morgan fingerprint density at radius 1 is 1.11 bits per heavy atom. The molecule has 5 heteroatoms. The summed E-state index contributed by atoms with van der Waals surface area (Å²) >= 11 is 0. The van der Waals surface area contributed by atoms with Crippen LogP contribution in [0, 0.1) is 5.92 Å². The molecular formula is C23H31NO4. The molecule has 152 valence electrons. The van der Waals surface area contributed by atoms with Gasteiger partial charge in [-0.3, -0.25) is 9.69 Å². The van der Waals surface area contributed by atoms with Crippen LogP contribution in [0.3, 0.4) is 0 Å². The van der Waals surface area contributed by atoms with Crippen molar-refractivity contribution >= 4 is 11.9 Å². The molecule has 28 heavy (non-hydrogen) atoms. The van der Waals surface area contributed by atoms with Crippen molar-refractivity contribution in [3.8, 4) is 0 Å². The number of rotatable bonds is 9. The lowest BCUT2D eigenvalue weighted by Crippen LogP contribution is -2.59. The van der Waals surface area contributed by atoms with E-state index in [0.717, 1.165) is 31.2 Å². The van der Waals surface area contributed by atoms with Crippen LogP contribution < -0.4 is 0 Å². The quantitative estimate of drug-likeness (QED) is 0.464. The van der Waals surface area contributed by atoms with Crippen LogP contribution >= 0.6 is 0 Å². The first kappa shape index (κ1) is 20.6. The van der Waals surface area contributed by atoms with Gasteiger partial charge in [0.1, 0.15) is 12.4 Å². The number of Topliss-reactive ketones (excluding diaryl/α,β-unsaturated/α-hetero) is 1. The molecule has 2 unspecified atom stereocenters. The highest BCUT2D eigenvalue weighted by atomic mass is 16.6. The second-order valence-electron chi connectivity index (χ2n) is 7.82. The maximum Gasteiger partial charge on any atom is 0.410 e. The van der Waals surface area contributed by atoms with Crippen LogP contribution in [0.1, 0.15) is 50.5 Å². The standard InChI is InChI=1S/C23H31NO4/c1-2-3-4-5-9-12-22(25)19-13-20-16-27-17-21(14-19)24(20)23(26)28-15-18-10-7-6-8-11-18/h2,6-8,10-11,19-21H,1,3-5,9,12-17H2. The summed E-state index contributed by atoms with van der Waals surface area (Å²) in [5.74, 6) is 0.379. The number of carbonyl (C=O) groups is 2. The minimum atomic E-state index is -0.294. The van der Waals surface area contributed by atoms with Gasteiger partial charge in [-0.2, -0.15) is 0 Å². The topological polar surface area (TPSA) is 55.8 Å². The molecule has 2 bridgehead atoms. The molecule has 1 aromatic carbocycles. The second-order valence-corrected chi connectivity index (χ2v) is 7.82. The van der Waals surface area contributed by atoms with Crippen molar-refractivity contribution in [2.45, 2.75) is 63.6 Å². The van der Waals surface area contributed by atoms with Crippen molar-refractivity contribution < 1.29 is 19.1 Å². The molecule has 2 aliphatic heterocycles. The number of hydrogen-bond acceptors (Lipinski definition) is 4. The summed E-state index contributed by atoms with van der Waals surface area (Å²) in [4.78, 5) is 27.2. The van der Waals surface area contributed by atoms with E-state index in [0.29, 0.717) is 38.3 Å². The van der Waals surface area contributed by atoms with E-state index in [1.165, 1.54) is 0 Å². The monoisotopic (exact) mass is 385 g/mol. The van der Waals surface area contributed by atoms with E-state index in [2.05, 4.69) is 6.58 Å². The first-order valence-corrected chi connectivity index (χ1v) is 10.4. The highest BCUT2D eigenvalue weighted by Gasteiger charge is 2.44. The van der Waals surface area contributed by atoms with E-state index in [4.69, 9.17) is 9.47 Å². The van der Waals surface area contributed by atoms with Gasteiger partial charge >= 0.3 is 6.09 Å². The van der Waals surface area contributed by atoms with Crippen molar-refractivity contribution in [2.24, 2.45) is 5.92 Å². The van der Waals surface area contributed by atoms with E-state index in [1.54, 1.807) is 0 Å². The summed E-state index contributed by atoms with van der Waals surface area (Å²) in [7, 11) is 0. The van der Waals surface area contributed by atoms with E-state index in [1.807, 2.05) is 41.3 Å². The molecule has 2 atom stereocenters. The van der Waals surface area contributed by atoms with Crippen LogP contribution in [0.2, 0.25) is 0 Å². The Bertz CT molecular complexity index is 646. The third kappa shape index (κ3) is 5.44. The Labute approximate surface area is 167 Å². The van der Waals surface area contributed by atoms with E-state index >= 15 is 0 Å². The van der Waals surface area contributed by atoms with Crippen LogP contribution in [-0.2, 0) is 20.9 Å². The molecule has 5 nitrogen and oxygen atoms in total. The average Bonchev–Trinajstić information content (AvgIpc) is 2.71. The molecule has 2 fully saturated rings. The number of carbonyl (C=O) groups excluding carboxylic acids is 2. The number of amides is 1. The fourth-order valence-corrected chi connectivity index (χ4v) is 4.24. The van der Waals surface area contributed by atoms with Crippen molar-refractivity contribution in [3.05, 3.63) is 48.6 Å². The minimum Gasteiger partial charge on any atom is -0.445 e. The number of piperidine rings is 1. The maximum absolute atomic E-state index is 12.7. The molecule has 0 N–H and O–H groups in total. The Morgan fingerprint density at radius 2 is 1.82 bits per heavy atom. The van der Waals surface area contributed by atoms with Crippen LogP contribution in [0.4, 0.5) is 4.79 Å². The first-order chi connectivity index (χ1) is 13.7. The second kappa shape index (κ2) is 10.4. The highest BCUT2D eigenvalue weighted by molar-refractivity contribution is 5.81. The normalized spacial score (nSPS) is 23.9. The molecule has 0 radical (unpaired) electrons. The molecule has 2 saturated heterocycles. The predicted molar refractivity (Wildman–Crippen MR) is 108 cm³/mol. The van der Waals surface area contributed by atoms with Gasteiger partial charge in [-0.25, -0.2) is 4.79 Å². The molecule has 2 heterocycles. The summed E-state index contributed by atoms with van der Waals surface area (Å²) in [6, 6.07) is 9.55. The molecular weight excluding hydrogens is 354 g/mol. The predicted octanol–water partition coefficient (Wildman–Crippen LogP) is 4.51. The summed E-state index contributed by atoms with van der Waals surface area (Å²) in [5, 5.41) is 0. The number of morpholine rings is 1. The highest BCUT2D eigenvalue weighted by Crippen LogP contribution is 2.33. The molecule has 0 spiro atoms. The van der Waals surface area contributed by atoms with Crippen molar-refractivity contribution in [1.29, 1.82) is 0 Å². The van der Waals surface area contributed by atoms with Crippen LogP contribution in [0.15, 0.2) is 43.0 Å². The van der Waals surface area contributed by atoms with Gasteiger partial charge in [-0.05, 0) is 37.7 Å². The number of nitrogens with zero attached hydrogens (tertiary/aromatic N) is 1. The van der Waals surface area contributed by atoms with E-state index in [-0.39, 0.29) is 30.7 Å². The van der Waals surface area contributed by atoms with Crippen LogP contribution in [0.25, 0.3) is 0 Å². The summed E-state index contributed by atoms with van der Waals surface area (Å²) in [6.45, 7) is 4.97. The Kier molecular flexibility index (Phi) is 7.66. The Balaban J connectivity index is 1.50. The lowest BCUT2D eigenvalue weighted by Gasteiger charge is -2.47. The van der Waals surface area contributed by atoms with Gasteiger partial charge in [-0.15, -0.1) is 6.58 Å². The van der Waals surface area contributed by atoms with Crippen molar-refractivity contribution in [2.75, 3.05) is 13.2 Å². The molecule has 3 rings (SSSR count). The fraction of sp³-hybridized carbons (Fsp3) is 0.565. The van der Waals surface area contributed by atoms with Gasteiger partial charge in [0.15, 0.2) is 0 Å². The third-order valence-corrected chi connectivity index (χ3v) is 5.72. The number of ketones is 1. The molecule has 0 saturated carbocycles.